The zero-order valence-corrected chi connectivity index (χ0v) is 16.4. The Hall–Kier alpha value is -3.73. The van der Waals surface area contributed by atoms with Crippen LogP contribution in [-0.2, 0) is 11.3 Å². The van der Waals surface area contributed by atoms with Crippen molar-refractivity contribution in [3.63, 3.8) is 0 Å². The van der Waals surface area contributed by atoms with Crippen LogP contribution in [0.2, 0.25) is 0 Å². The molecule has 152 valence electrons. The maximum atomic E-state index is 10.7. The molecule has 0 radical (unpaired) electrons. The van der Waals surface area contributed by atoms with Crippen molar-refractivity contribution in [1.82, 2.24) is 24.8 Å². The van der Waals surface area contributed by atoms with Gasteiger partial charge in [0, 0.05) is 23.5 Å². The second kappa shape index (κ2) is 7.59. The van der Waals surface area contributed by atoms with Crippen LogP contribution in [0.1, 0.15) is 0 Å². The molecule has 0 unspecified atom stereocenters. The summed E-state index contributed by atoms with van der Waals surface area (Å²) in [5.74, 6) is 2.29. The molecule has 0 bridgehead atoms. The highest BCUT2D eigenvalue weighted by atomic mass is 32.2. The molecule has 4 aromatic rings. The first-order chi connectivity index (χ1) is 14.7. The van der Waals surface area contributed by atoms with Crippen LogP contribution in [0.25, 0.3) is 22.5 Å². The number of nitrogen functional groups attached to an aromatic ring is 1. The molecular formula is C19H16N6O4S. The number of nitrogens with two attached hydrogens (primary N) is 1. The average molecular weight is 424 g/mol. The molecule has 0 aliphatic carbocycles. The van der Waals surface area contributed by atoms with Crippen molar-refractivity contribution in [1.29, 1.82) is 0 Å². The van der Waals surface area contributed by atoms with Gasteiger partial charge < -0.3 is 29.5 Å². The second-order valence-electron chi connectivity index (χ2n) is 6.33. The normalized spacial score (nSPS) is 12.4. The molecule has 10 nitrogen and oxygen atoms in total. The third kappa shape index (κ3) is 3.18. The van der Waals surface area contributed by atoms with Crippen LogP contribution >= 0.6 is 11.8 Å². The molecular weight excluding hydrogens is 408 g/mol. The number of hydrogen-bond acceptors (Lipinski definition) is 9. The lowest BCUT2D eigenvalue weighted by atomic mass is 10.1. The quantitative estimate of drug-likeness (QED) is 0.339. The van der Waals surface area contributed by atoms with Crippen LogP contribution in [0.5, 0.6) is 11.5 Å². The molecule has 30 heavy (non-hydrogen) atoms. The van der Waals surface area contributed by atoms with E-state index in [2.05, 4.69) is 20.3 Å². The Balaban J connectivity index is 1.61. The lowest BCUT2D eigenvalue weighted by molar-refractivity contribution is -0.109. The SMILES string of the molecule is Nc1ncnc2c1nc(Sc1cc3c(cc1-c1ccco1)OCO3)n2CCNC=O. The van der Waals surface area contributed by atoms with Gasteiger partial charge in [-0.3, -0.25) is 4.79 Å². The van der Waals surface area contributed by atoms with Gasteiger partial charge in [0.2, 0.25) is 13.2 Å². The highest BCUT2D eigenvalue weighted by molar-refractivity contribution is 7.99. The molecule has 0 spiro atoms. The van der Waals surface area contributed by atoms with Gasteiger partial charge >= 0.3 is 0 Å². The smallest absolute Gasteiger partial charge is 0.231 e. The van der Waals surface area contributed by atoms with Gasteiger partial charge in [0.15, 0.2) is 33.6 Å². The third-order valence-corrected chi connectivity index (χ3v) is 5.60. The number of carbonyl (C=O) groups is 1. The van der Waals surface area contributed by atoms with E-state index in [4.69, 9.17) is 19.6 Å². The van der Waals surface area contributed by atoms with Gasteiger partial charge in [-0.05, 0) is 24.3 Å². The molecule has 0 saturated carbocycles. The predicted molar refractivity (Wildman–Crippen MR) is 108 cm³/mol. The Morgan fingerprint density at radius 3 is 2.93 bits per heavy atom. The van der Waals surface area contributed by atoms with Gasteiger partial charge in [-0.25, -0.2) is 15.0 Å². The van der Waals surface area contributed by atoms with E-state index in [0.717, 1.165) is 10.5 Å². The maximum absolute atomic E-state index is 10.7. The van der Waals surface area contributed by atoms with E-state index >= 15 is 0 Å². The molecule has 1 amide bonds. The lowest BCUT2D eigenvalue weighted by Gasteiger charge is -2.11. The average Bonchev–Trinajstić information content (AvgIpc) is 3.48. The summed E-state index contributed by atoms with van der Waals surface area (Å²) in [6.07, 6.45) is 3.67. The minimum atomic E-state index is 0.170. The number of benzene rings is 1. The summed E-state index contributed by atoms with van der Waals surface area (Å²) in [6.45, 7) is 1.05. The Kier molecular flexibility index (Phi) is 4.64. The van der Waals surface area contributed by atoms with Crippen molar-refractivity contribution >= 4 is 35.2 Å². The fourth-order valence-electron chi connectivity index (χ4n) is 3.18. The fourth-order valence-corrected chi connectivity index (χ4v) is 4.24. The lowest BCUT2D eigenvalue weighted by Crippen LogP contribution is -2.18. The van der Waals surface area contributed by atoms with Crippen LogP contribution in [0, 0.1) is 0 Å². The summed E-state index contributed by atoms with van der Waals surface area (Å²) in [5, 5.41) is 3.31. The molecule has 1 aliphatic rings. The summed E-state index contributed by atoms with van der Waals surface area (Å²) >= 11 is 1.41. The van der Waals surface area contributed by atoms with E-state index in [1.165, 1.54) is 18.1 Å². The van der Waals surface area contributed by atoms with Gasteiger partial charge in [0.1, 0.15) is 12.1 Å². The van der Waals surface area contributed by atoms with Crippen molar-refractivity contribution in [3.8, 4) is 22.8 Å². The number of rotatable bonds is 7. The number of imidazole rings is 1. The summed E-state index contributed by atoms with van der Waals surface area (Å²) < 4.78 is 18.6. The first-order valence-electron chi connectivity index (χ1n) is 9.03. The second-order valence-corrected chi connectivity index (χ2v) is 7.34. The highest BCUT2D eigenvalue weighted by Gasteiger charge is 2.23. The highest BCUT2D eigenvalue weighted by Crippen LogP contribution is 2.45. The van der Waals surface area contributed by atoms with E-state index in [1.807, 2.05) is 28.8 Å². The van der Waals surface area contributed by atoms with E-state index in [9.17, 15) is 4.79 Å². The number of furan rings is 1. The molecule has 5 rings (SSSR count). The van der Waals surface area contributed by atoms with Crippen LogP contribution in [0.3, 0.4) is 0 Å². The van der Waals surface area contributed by atoms with E-state index in [1.54, 1.807) is 6.26 Å². The third-order valence-electron chi connectivity index (χ3n) is 4.55. The molecule has 3 aromatic heterocycles. The number of fused-ring (bicyclic) bond motifs is 2. The molecule has 1 aliphatic heterocycles. The monoisotopic (exact) mass is 424 g/mol. The van der Waals surface area contributed by atoms with Crippen LogP contribution in [0.15, 0.2) is 51.3 Å². The molecule has 11 heteroatoms. The summed E-state index contributed by atoms with van der Waals surface area (Å²) in [5.41, 5.74) is 7.95. The van der Waals surface area contributed by atoms with Crippen LogP contribution in [-0.4, -0.2) is 39.3 Å². The number of aromatic nitrogens is 4. The zero-order valence-electron chi connectivity index (χ0n) is 15.6. The molecule has 4 heterocycles. The van der Waals surface area contributed by atoms with Crippen molar-refractivity contribution in [2.24, 2.45) is 0 Å². The number of nitrogens with one attached hydrogen (secondary N) is 1. The van der Waals surface area contributed by atoms with Gasteiger partial charge in [0.25, 0.3) is 0 Å². The van der Waals surface area contributed by atoms with Crippen molar-refractivity contribution < 1.29 is 18.7 Å². The molecule has 0 atom stereocenters. The summed E-state index contributed by atoms with van der Waals surface area (Å²) in [6, 6.07) is 7.49. The van der Waals surface area contributed by atoms with Crippen LogP contribution in [0.4, 0.5) is 5.82 Å². The number of ether oxygens (including phenoxy) is 2. The fraction of sp³-hybridized carbons (Fsp3) is 0.158. The maximum Gasteiger partial charge on any atom is 0.231 e. The van der Waals surface area contributed by atoms with Crippen LogP contribution < -0.4 is 20.5 Å². The predicted octanol–water partition coefficient (Wildman–Crippen LogP) is 2.29. The molecule has 1 aromatic carbocycles. The van der Waals surface area contributed by atoms with Gasteiger partial charge in [-0.15, -0.1) is 0 Å². The number of hydrogen-bond donors (Lipinski definition) is 2. The number of nitrogens with zero attached hydrogens (tertiary/aromatic N) is 4. The number of anilines is 1. The van der Waals surface area contributed by atoms with Crippen molar-refractivity contribution in [3.05, 3.63) is 36.9 Å². The Labute approximate surface area is 174 Å². The van der Waals surface area contributed by atoms with Gasteiger partial charge in [0.05, 0.1) is 6.26 Å². The molecule has 0 fully saturated rings. The standard InChI is InChI=1S/C19H16N6O4S/c20-17-16-18(23-8-22-17)25(4-3-21-9-26)19(24-16)30-15-7-14-13(28-10-29-14)6-11(15)12-2-1-5-27-12/h1-2,5-9H,3-4,10H2,(H,21,26)(H2,20,22,23). The van der Waals surface area contributed by atoms with E-state index < -0.39 is 0 Å². The van der Waals surface area contributed by atoms with Crippen molar-refractivity contribution in [2.75, 3.05) is 19.1 Å². The first kappa shape index (κ1) is 18.3. The summed E-state index contributed by atoms with van der Waals surface area (Å²) in [7, 11) is 0. The minimum absolute atomic E-state index is 0.170. The number of carbonyl (C=O) groups excluding carboxylic acids is 1. The number of amides is 1. The summed E-state index contributed by atoms with van der Waals surface area (Å²) in [4.78, 5) is 24.6. The molecule has 0 saturated heterocycles. The largest absolute Gasteiger partial charge is 0.464 e. The van der Waals surface area contributed by atoms with E-state index in [-0.39, 0.29) is 6.79 Å². The van der Waals surface area contributed by atoms with E-state index in [0.29, 0.717) is 58.9 Å². The van der Waals surface area contributed by atoms with Gasteiger partial charge in [-0.1, -0.05) is 11.8 Å². The molecule has 3 N–H and O–H groups in total. The Morgan fingerprint density at radius 1 is 1.27 bits per heavy atom. The Bertz CT molecular complexity index is 1220. The Morgan fingerprint density at radius 2 is 2.13 bits per heavy atom. The minimum Gasteiger partial charge on any atom is -0.464 e. The van der Waals surface area contributed by atoms with Gasteiger partial charge in [-0.2, -0.15) is 0 Å². The van der Waals surface area contributed by atoms with Crippen molar-refractivity contribution in [2.45, 2.75) is 16.6 Å². The topological polar surface area (TPSA) is 130 Å². The zero-order chi connectivity index (χ0) is 20.5. The first-order valence-corrected chi connectivity index (χ1v) is 9.85.